The van der Waals surface area contributed by atoms with Crippen LogP contribution in [-0.4, -0.2) is 28.6 Å². The predicted molar refractivity (Wildman–Crippen MR) is 116 cm³/mol. The number of anilines is 1. The van der Waals surface area contributed by atoms with Crippen LogP contribution in [0.1, 0.15) is 58.3 Å². The van der Waals surface area contributed by atoms with Gasteiger partial charge in [-0.05, 0) is 51.8 Å². The molecular formula is C23H29N3O5. The second-order valence-corrected chi connectivity index (χ2v) is 8.37. The van der Waals surface area contributed by atoms with Gasteiger partial charge in [-0.25, -0.2) is 9.78 Å². The van der Waals surface area contributed by atoms with E-state index in [1.54, 1.807) is 39.8 Å². The van der Waals surface area contributed by atoms with Crippen LogP contribution in [-0.2, 0) is 20.9 Å². The van der Waals surface area contributed by atoms with Gasteiger partial charge in [-0.3, -0.25) is 4.79 Å². The van der Waals surface area contributed by atoms with Gasteiger partial charge in [-0.2, -0.15) is 0 Å². The maximum Gasteiger partial charge on any atom is 0.408 e. The average Bonchev–Trinajstić information content (AvgIpc) is 3.08. The minimum atomic E-state index is -0.723. The Morgan fingerprint density at radius 1 is 1.26 bits per heavy atom. The number of hydrogen-bond donors (Lipinski definition) is 2. The zero-order valence-electron chi connectivity index (χ0n) is 18.5. The summed E-state index contributed by atoms with van der Waals surface area (Å²) in [6.07, 6.45) is 1.26. The molecule has 1 aromatic heterocycles. The number of benzene rings is 1. The van der Waals surface area contributed by atoms with Crippen molar-refractivity contribution in [1.82, 2.24) is 10.3 Å². The van der Waals surface area contributed by atoms with Crippen molar-refractivity contribution in [3.63, 3.8) is 0 Å². The molecule has 0 fully saturated rings. The molecule has 0 saturated heterocycles. The van der Waals surface area contributed by atoms with E-state index in [9.17, 15) is 9.59 Å². The Hall–Kier alpha value is -3.13. The molecule has 31 heavy (non-hydrogen) atoms. The second-order valence-electron chi connectivity index (χ2n) is 8.37. The average molecular weight is 428 g/mol. The molecular weight excluding hydrogens is 398 g/mol. The first-order valence-electron chi connectivity index (χ1n) is 10.3. The van der Waals surface area contributed by atoms with Gasteiger partial charge in [-0.1, -0.05) is 19.1 Å². The number of ether oxygens (including phenoxy) is 3. The summed E-state index contributed by atoms with van der Waals surface area (Å²) in [5, 5.41) is 5.34. The molecule has 2 N–H and O–H groups in total. The number of rotatable bonds is 6. The topological polar surface area (TPSA) is 98.8 Å². The third-order valence-corrected chi connectivity index (χ3v) is 4.69. The number of pyridine rings is 1. The van der Waals surface area contributed by atoms with Gasteiger partial charge in [-0.15, -0.1) is 0 Å². The van der Waals surface area contributed by atoms with Gasteiger partial charge in [0.1, 0.15) is 17.4 Å². The molecule has 8 nitrogen and oxygen atoms in total. The molecule has 2 atom stereocenters. The molecule has 0 saturated carbocycles. The zero-order chi connectivity index (χ0) is 22.6. The third-order valence-electron chi connectivity index (χ3n) is 4.69. The molecule has 2 unspecified atom stereocenters. The first-order valence-corrected chi connectivity index (χ1v) is 10.3. The standard InChI is InChI=1S/C23H29N3O5/c1-6-17(26-22(28)31-23(3,4)5)21(27)25-16-10-11-19(24-12-16)30-18-9-7-8-15-13-29-14(2)20(15)18/h7-12,14,17H,6,13H2,1-5H3,(H,25,27)(H,26,28). The van der Waals surface area contributed by atoms with E-state index >= 15 is 0 Å². The number of aromatic nitrogens is 1. The number of nitrogens with zero attached hydrogens (tertiary/aromatic N) is 1. The lowest BCUT2D eigenvalue weighted by molar-refractivity contribution is -0.118. The highest BCUT2D eigenvalue weighted by atomic mass is 16.6. The van der Waals surface area contributed by atoms with E-state index in [2.05, 4.69) is 15.6 Å². The van der Waals surface area contributed by atoms with E-state index in [4.69, 9.17) is 14.2 Å². The van der Waals surface area contributed by atoms with Crippen molar-refractivity contribution in [3.05, 3.63) is 47.7 Å². The van der Waals surface area contributed by atoms with Gasteiger partial charge >= 0.3 is 6.09 Å². The Labute approximate surface area is 182 Å². The summed E-state index contributed by atoms with van der Waals surface area (Å²) in [6, 6.07) is 8.48. The fourth-order valence-electron chi connectivity index (χ4n) is 3.22. The van der Waals surface area contributed by atoms with Crippen LogP contribution < -0.4 is 15.4 Å². The van der Waals surface area contributed by atoms with E-state index in [0.717, 1.165) is 11.1 Å². The lowest BCUT2D eigenvalue weighted by Gasteiger charge is -2.22. The molecule has 2 aromatic rings. The highest BCUT2D eigenvalue weighted by Gasteiger charge is 2.25. The first kappa shape index (κ1) is 22.6. The summed E-state index contributed by atoms with van der Waals surface area (Å²) in [7, 11) is 0. The molecule has 0 spiro atoms. The van der Waals surface area contributed by atoms with E-state index < -0.39 is 17.7 Å². The predicted octanol–water partition coefficient (Wildman–Crippen LogP) is 4.71. The van der Waals surface area contributed by atoms with Gasteiger partial charge in [0.05, 0.1) is 24.6 Å². The fourth-order valence-corrected chi connectivity index (χ4v) is 3.22. The summed E-state index contributed by atoms with van der Waals surface area (Å²) in [4.78, 5) is 28.8. The maximum atomic E-state index is 12.5. The maximum absolute atomic E-state index is 12.5. The van der Waals surface area contributed by atoms with Crippen molar-refractivity contribution < 1.29 is 23.8 Å². The Balaban J connectivity index is 1.61. The molecule has 0 radical (unpaired) electrons. The first-order chi connectivity index (χ1) is 14.7. The third kappa shape index (κ3) is 5.95. The Morgan fingerprint density at radius 3 is 2.68 bits per heavy atom. The molecule has 1 aromatic carbocycles. The number of fused-ring (bicyclic) bond motifs is 1. The largest absolute Gasteiger partial charge is 0.444 e. The fraction of sp³-hybridized carbons (Fsp3) is 0.435. The molecule has 8 heteroatoms. The summed E-state index contributed by atoms with van der Waals surface area (Å²) in [5.41, 5.74) is 2.00. The van der Waals surface area contributed by atoms with Crippen molar-refractivity contribution in [2.24, 2.45) is 0 Å². The van der Waals surface area contributed by atoms with Gasteiger partial charge in [0, 0.05) is 11.6 Å². The van der Waals surface area contributed by atoms with Gasteiger partial charge in [0.15, 0.2) is 0 Å². The molecule has 1 aliphatic heterocycles. The van der Waals surface area contributed by atoms with E-state index in [0.29, 0.717) is 30.3 Å². The SMILES string of the molecule is CCC(NC(=O)OC(C)(C)C)C(=O)Nc1ccc(Oc2cccc3c2C(C)OC3)nc1. The smallest absolute Gasteiger partial charge is 0.408 e. The number of carbonyl (C=O) groups is 2. The Kier molecular flexibility index (Phi) is 6.80. The zero-order valence-corrected chi connectivity index (χ0v) is 18.5. The van der Waals surface area contributed by atoms with Crippen LogP contribution in [0.2, 0.25) is 0 Å². The van der Waals surface area contributed by atoms with Crippen LogP contribution in [0.5, 0.6) is 11.6 Å². The van der Waals surface area contributed by atoms with E-state index in [1.165, 1.54) is 6.20 Å². The molecule has 2 amide bonds. The molecule has 1 aliphatic rings. The van der Waals surface area contributed by atoms with Gasteiger partial charge < -0.3 is 24.8 Å². The number of alkyl carbamates (subject to hydrolysis) is 1. The van der Waals surface area contributed by atoms with Crippen LogP contribution in [0.25, 0.3) is 0 Å². The van der Waals surface area contributed by atoms with Crippen LogP contribution in [0.4, 0.5) is 10.5 Å². The van der Waals surface area contributed by atoms with Gasteiger partial charge in [0.2, 0.25) is 11.8 Å². The number of nitrogens with one attached hydrogen (secondary N) is 2. The summed E-state index contributed by atoms with van der Waals surface area (Å²) >= 11 is 0. The molecule has 2 heterocycles. The summed E-state index contributed by atoms with van der Waals surface area (Å²) in [6.45, 7) is 9.66. The number of amides is 2. The Bertz CT molecular complexity index is 937. The van der Waals surface area contributed by atoms with Crippen molar-refractivity contribution in [2.75, 3.05) is 5.32 Å². The molecule has 166 valence electrons. The van der Waals surface area contributed by atoms with Crippen molar-refractivity contribution in [3.8, 4) is 11.6 Å². The van der Waals surface area contributed by atoms with Crippen LogP contribution in [0.3, 0.4) is 0 Å². The Morgan fingerprint density at radius 2 is 2.03 bits per heavy atom. The van der Waals surface area contributed by atoms with E-state index in [-0.39, 0.29) is 12.0 Å². The lowest BCUT2D eigenvalue weighted by Crippen LogP contribution is -2.45. The van der Waals surface area contributed by atoms with E-state index in [1.807, 2.05) is 25.1 Å². The van der Waals surface area contributed by atoms with Crippen molar-refractivity contribution in [2.45, 2.75) is 65.4 Å². The van der Waals surface area contributed by atoms with Crippen molar-refractivity contribution >= 4 is 17.7 Å². The highest BCUT2D eigenvalue weighted by Crippen LogP contribution is 2.38. The van der Waals surface area contributed by atoms with Crippen LogP contribution in [0, 0.1) is 0 Å². The quantitative estimate of drug-likeness (QED) is 0.693. The second kappa shape index (κ2) is 9.34. The van der Waals surface area contributed by atoms with Crippen molar-refractivity contribution in [1.29, 1.82) is 0 Å². The normalized spacial score (nSPS) is 16.2. The minimum Gasteiger partial charge on any atom is -0.444 e. The summed E-state index contributed by atoms with van der Waals surface area (Å²) < 4.78 is 16.8. The molecule has 0 bridgehead atoms. The van der Waals surface area contributed by atoms with Gasteiger partial charge in [0.25, 0.3) is 0 Å². The minimum absolute atomic E-state index is 0.0341. The molecule has 0 aliphatic carbocycles. The lowest BCUT2D eigenvalue weighted by atomic mass is 10.1. The monoisotopic (exact) mass is 427 g/mol. The highest BCUT2D eigenvalue weighted by molar-refractivity contribution is 5.96. The van der Waals surface area contributed by atoms with Crippen LogP contribution >= 0.6 is 0 Å². The summed E-state index contributed by atoms with van der Waals surface area (Å²) in [5.74, 6) is 0.763. The number of carbonyl (C=O) groups excluding carboxylic acids is 2. The van der Waals surface area contributed by atoms with Crippen LogP contribution in [0.15, 0.2) is 36.5 Å². The molecule has 3 rings (SSSR count). The number of hydrogen-bond acceptors (Lipinski definition) is 6.